The van der Waals surface area contributed by atoms with Crippen LogP contribution < -0.4 is 9.47 Å². The fourth-order valence-corrected chi connectivity index (χ4v) is 5.56. The van der Waals surface area contributed by atoms with E-state index in [0.29, 0.717) is 24.2 Å². The molecule has 4 aromatic rings. The van der Waals surface area contributed by atoms with Gasteiger partial charge >= 0.3 is 0 Å². The second kappa shape index (κ2) is 13.9. The Morgan fingerprint density at radius 1 is 0.595 bits per heavy atom. The van der Waals surface area contributed by atoms with Crippen molar-refractivity contribution in [1.82, 2.24) is 20.4 Å². The van der Waals surface area contributed by atoms with E-state index in [0.717, 1.165) is 59.7 Å². The fourth-order valence-electron chi connectivity index (χ4n) is 5.56. The zero-order chi connectivity index (χ0) is 29.3. The number of benzene rings is 2. The van der Waals surface area contributed by atoms with Gasteiger partial charge in [0, 0.05) is 24.7 Å². The van der Waals surface area contributed by atoms with E-state index in [4.69, 9.17) is 9.47 Å². The largest absolute Gasteiger partial charge is 0.497 e. The number of ether oxygens (including phenoxy) is 2. The molecule has 8 heteroatoms. The molecular weight excluding hydrogens is 528 g/mol. The molecule has 0 spiro atoms. The van der Waals surface area contributed by atoms with E-state index >= 15 is 0 Å². The predicted molar refractivity (Wildman–Crippen MR) is 159 cm³/mol. The Balaban J connectivity index is 1.12. The lowest BCUT2D eigenvalue weighted by Crippen LogP contribution is -2.17. The summed E-state index contributed by atoms with van der Waals surface area (Å²) in [5.41, 5.74) is 5.20. The number of ketones is 2. The topological polar surface area (TPSA) is 104 Å². The second-order valence-electron chi connectivity index (χ2n) is 10.9. The Hall–Kier alpha value is -4.46. The zero-order valence-electron chi connectivity index (χ0n) is 24.2. The molecule has 0 N–H and O–H groups in total. The van der Waals surface area contributed by atoms with Gasteiger partial charge in [-0.25, -0.2) is 0 Å². The minimum Gasteiger partial charge on any atom is -0.497 e. The molecule has 0 saturated heterocycles. The van der Waals surface area contributed by atoms with Crippen LogP contribution in [0.5, 0.6) is 11.5 Å². The quantitative estimate of drug-likeness (QED) is 0.224. The van der Waals surface area contributed by atoms with Crippen molar-refractivity contribution in [3.05, 3.63) is 107 Å². The standard InChI is InChI=1S/C34H36N4O4/c1-41-31-12-6-23(7-13-31)18-29(39)21-27-10-16-33(37-35-27)25-4-3-5-26(20-25)34-17-11-28(36-38-34)22-30(40)19-24-8-14-32(42-2)15-9-24/h6-17,25-26H,3-5,18-22H2,1-2H3/t25-,26-/m0/s1. The van der Waals surface area contributed by atoms with Crippen molar-refractivity contribution in [1.29, 1.82) is 0 Å². The highest BCUT2D eigenvalue weighted by Gasteiger charge is 2.27. The van der Waals surface area contributed by atoms with Gasteiger partial charge in [0.15, 0.2) is 0 Å². The molecule has 2 aromatic carbocycles. The molecule has 1 fully saturated rings. The zero-order valence-corrected chi connectivity index (χ0v) is 24.2. The fraction of sp³-hybridized carbons (Fsp3) is 0.353. The van der Waals surface area contributed by atoms with E-state index in [1.807, 2.05) is 72.8 Å². The van der Waals surface area contributed by atoms with Crippen molar-refractivity contribution in [2.75, 3.05) is 14.2 Å². The molecule has 2 heterocycles. The SMILES string of the molecule is COc1ccc(CC(=O)Cc2ccc([C@H]3CCC[C@H](c4ccc(CC(=O)Cc5ccc(OC)cc5)nn4)C3)nn2)cc1. The average molecular weight is 565 g/mol. The van der Waals surface area contributed by atoms with Gasteiger partial charge in [-0.05, 0) is 78.9 Å². The van der Waals surface area contributed by atoms with Gasteiger partial charge in [0.25, 0.3) is 0 Å². The number of rotatable bonds is 12. The minimum absolute atomic E-state index is 0.101. The Morgan fingerprint density at radius 3 is 1.38 bits per heavy atom. The second-order valence-corrected chi connectivity index (χ2v) is 10.9. The molecule has 0 aliphatic heterocycles. The van der Waals surface area contributed by atoms with Crippen molar-refractivity contribution in [3.63, 3.8) is 0 Å². The first-order valence-corrected chi connectivity index (χ1v) is 14.4. The Kier molecular flexibility index (Phi) is 9.64. The van der Waals surface area contributed by atoms with Gasteiger partial charge in [0.1, 0.15) is 23.1 Å². The molecule has 216 valence electrons. The van der Waals surface area contributed by atoms with Crippen LogP contribution in [-0.4, -0.2) is 46.2 Å². The molecule has 0 bridgehead atoms. The number of carbonyl (C=O) groups is 2. The van der Waals surface area contributed by atoms with Crippen LogP contribution in [0.4, 0.5) is 0 Å². The van der Waals surface area contributed by atoms with E-state index in [-0.39, 0.29) is 36.2 Å². The molecule has 5 rings (SSSR count). The van der Waals surface area contributed by atoms with Crippen molar-refractivity contribution < 1.29 is 19.1 Å². The summed E-state index contributed by atoms with van der Waals surface area (Å²) in [6, 6.07) is 23.0. The van der Waals surface area contributed by atoms with Crippen LogP contribution in [0, 0.1) is 0 Å². The molecule has 8 nitrogen and oxygen atoms in total. The van der Waals surface area contributed by atoms with Gasteiger partial charge in [-0.1, -0.05) is 30.7 Å². The molecule has 0 radical (unpaired) electrons. The van der Waals surface area contributed by atoms with E-state index in [2.05, 4.69) is 20.4 Å². The summed E-state index contributed by atoms with van der Waals surface area (Å²) < 4.78 is 10.4. The molecule has 1 aliphatic carbocycles. The van der Waals surface area contributed by atoms with Gasteiger partial charge < -0.3 is 9.47 Å². The molecule has 2 atom stereocenters. The normalized spacial score (nSPS) is 16.5. The van der Waals surface area contributed by atoms with Crippen LogP contribution in [-0.2, 0) is 35.3 Å². The number of hydrogen-bond donors (Lipinski definition) is 0. The third-order valence-electron chi connectivity index (χ3n) is 7.87. The molecule has 0 amide bonds. The smallest absolute Gasteiger partial charge is 0.143 e. The van der Waals surface area contributed by atoms with E-state index < -0.39 is 0 Å². The lowest BCUT2D eigenvalue weighted by molar-refractivity contribution is -0.118. The van der Waals surface area contributed by atoms with Crippen LogP contribution >= 0.6 is 0 Å². The molecule has 2 aromatic heterocycles. The predicted octanol–water partition coefficient (Wildman–Crippen LogP) is 5.43. The van der Waals surface area contributed by atoms with E-state index in [9.17, 15) is 9.59 Å². The summed E-state index contributed by atoms with van der Waals surface area (Å²) >= 11 is 0. The number of Topliss-reactive ketones (excluding diaryl/α,β-unsaturated/α-hetero) is 2. The molecular formula is C34H36N4O4. The van der Waals surface area contributed by atoms with Crippen molar-refractivity contribution in [2.24, 2.45) is 0 Å². The number of carbonyl (C=O) groups excluding carboxylic acids is 2. The Morgan fingerprint density at radius 2 is 1.02 bits per heavy atom. The number of nitrogens with zero attached hydrogens (tertiary/aromatic N) is 4. The lowest BCUT2D eigenvalue weighted by atomic mass is 9.78. The van der Waals surface area contributed by atoms with E-state index in [1.54, 1.807) is 14.2 Å². The van der Waals surface area contributed by atoms with Gasteiger partial charge in [-0.3, -0.25) is 9.59 Å². The van der Waals surface area contributed by atoms with Gasteiger partial charge in [0.05, 0.1) is 49.8 Å². The summed E-state index contributed by atoms with van der Waals surface area (Å²) in [5.74, 6) is 2.32. The molecule has 1 aliphatic rings. The van der Waals surface area contributed by atoms with E-state index in [1.165, 1.54) is 0 Å². The van der Waals surface area contributed by atoms with Crippen LogP contribution in [0.1, 0.15) is 71.4 Å². The minimum atomic E-state index is 0.101. The monoisotopic (exact) mass is 564 g/mol. The molecule has 1 saturated carbocycles. The first-order chi connectivity index (χ1) is 20.5. The van der Waals surface area contributed by atoms with Gasteiger partial charge in [-0.15, -0.1) is 0 Å². The Bertz CT molecular complexity index is 1360. The molecule has 0 unspecified atom stereocenters. The lowest BCUT2D eigenvalue weighted by Gasteiger charge is -2.28. The van der Waals surface area contributed by atoms with Crippen molar-refractivity contribution in [2.45, 2.75) is 63.2 Å². The first-order valence-electron chi connectivity index (χ1n) is 14.4. The maximum atomic E-state index is 12.6. The average Bonchev–Trinajstić information content (AvgIpc) is 3.02. The third-order valence-corrected chi connectivity index (χ3v) is 7.87. The summed E-state index contributed by atoms with van der Waals surface area (Å²) in [4.78, 5) is 25.1. The van der Waals surface area contributed by atoms with Crippen molar-refractivity contribution >= 4 is 11.6 Å². The van der Waals surface area contributed by atoms with Crippen LogP contribution in [0.25, 0.3) is 0 Å². The summed E-state index contributed by atoms with van der Waals surface area (Å²) in [6.07, 6.45) is 5.33. The summed E-state index contributed by atoms with van der Waals surface area (Å²) in [6.45, 7) is 0. The maximum Gasteiger partial charge on any atom is 0.143 e. The van der Waals surface area contributed by atoms with Crippen LogP contribution in [0.15, 0.2) is 72.8 Å². The van der Waals surface area contributed by atoms with Gasteiger partial charge in [0.2, 0.25) is 0 Å². The highest BCUT2D eigenvalue weighted by molar-refractivity contribution is 5.83. The number of methoxy groups -OCH3 is 2. The number of hydrogen-bond acceptors (Lipinski definition) is 8. The third kappa shape index (κ3) is 7.84. The highest BCUT2D eigenvalue weighted by Crippen LogP contribution is 2.39. The highest BCUT2D eigenvalue weighted by atomic mass is 16.5. The van der Waals surface area contributed by atoms with Crippen molar-refractivity contribution in [3.8, 4) is 11.5 Å². The summed E-state index contributed by atoms with van der Waals surface area (Å²) in [7, 11) is 3.25. The Labute approximate surface area is 246 Å². The summed E-state index contributed by atoms with van der Waals surface area (Å²) in [5, 5.41) is 17.8. The van der Waals surface area contributed by atoms with Crippen LogP contribution in [0.3, 0.4) is 0 Å². The maximum absolute atomic E-state index is 12.6. The first kappa shape index (κ1) is 29.0. The number of aromatic nitrogens is 4. The van der Waals surface area contributed by atoms with Gasteiger partial charge in [-0.2, -0.15) is 20.4 Å². The molecule has 42 heavy (non-hydrogen) atoms. The van der Waals surface area contributed by atoms with Crippen LogP contribution in [0.2, 0.25) is 0 Å².